The molecule has 0 aromatic heterocycles. The van der Waals surface area contributed by atoms with Crippen LogP contribution < -0.4 is 5.32 Å². The Morgan fingerprint density at radius 3 is 2.53 bits per heavy atom. The maximum absolute atomic E-state index is 12.5. The van der Waals surface area contributed by atoms with Crippen molar-refractivity contribution in [2.45, 2.75) is 38.3 Å². The van der Waals surface area contributed by atoms with E-state index in [0.29, 0.717) is 16.0 Å². The molecule has 156 valence electrons. The van der Waals surface area contributed by atoms with Gasteiger partial charge in [0, 0.05) is 11.3 Å². The van der Waals surface area contributed by atoms with Gasteiger partial charge in [0.2, 0.25) is 5.91 Å². The van der Waals surface area contributed by atoms with Crippen molar-refractivity contribution in [2.75, 3.05) is 11.1 Å². The number of hydrogen-bond acceptors (Lipinski definition) is 4. The van der Waals surface area contributed by atoms with Crippen molar-refractivity contribution in [3.8, 4) is 0 Å². The molecule has 0 atom stereocenters. The average molecular weight is 460 g/mol. The minimum absolute atomic E-state index is 0.0689. The molecule has 4 rings (SSSR count). The van der Waals surface area contributed by atoms with Crippen molar-refractivity contribution in [3.63, 3.8) is 0 Å². The van der Waals surface area contributed by atoms with Gasteiger partial charge in [0.15, 0.2) is 5.66 Å². The first-order valence-electron chi connectivity index (χ1n) is 10.1. The van der Waals surface area contributed by atoms with Gasteiger partial charge in [-0.25, -0.2) is 4.99 Å². The molecule has 2 aromatic carbocycles. The monoisotopic (exact) mass is 459 g/mol. The number of para-hydroxylation sites is 1. The molecule has 0 saturated heterocycles. The summed E-state index contributed by atoms with van der Waals surface area (Å²) in [6.45, 7) is 2.28. The van der Waals surface area contributed by atoms with E-state index in [0.717, 1.165) is 47.7 Å². The third-order valence-corrected chi connectivity index (χ3v) is 7.20. The van der Waals surface area contributed by atoms with Gasteiger partial charge in [-0.1, -0.05) is 66.2 Å². The summed E-state index contributed by atoms with van der Waals surface area (Å²) in [6.07, 6.45) is 4.07. The number of nitrogens with zero attached hydrogens (tertiary/aromatic N) is 2. The fourth-order valence-electron chi connectivity index (χ4n) is 3.76. The molecule has 1 aliphatic carbocycles. The number of carbonyl (C=O) groups excluding carboxylic acids is 1. The third-order valence-electron chi connectivity index (χ3n) is 5.50. The zero-order valence-electron chi connectivity index (χ0n) is 16.7. The SMILES string of the molecule is CC1CCC2(CC1)N=C(SCC(=O)Nc1ccccc1)C(c1ccc(Cl)c(Cl)c1)=N2. The highest BCUT2D eigenvalue weighted by Crippen LogP contribution is 2.41. The molecule has 2 aliphatic rings. The number of halogens is 2. The summed E-state index contributed by atoms with van der Waals surface area (Å²) in [5, 5.41) is 4.71. The lowest BCUT2D eigenvalue weighted by Crippen LogP contribution is -2.28. The van der Waals surface area contributed by atoms with E-state index in [1.807, 2.05) is 42.5 Å². The van der Waals surface area contributed by atoms with E-state index >= 15 is 0 Å². The third kappa shape index (κ3) is 4.90. The molecule has 0 unspecified atom stereocenters. The van der Waals surface area contributed by atoms with Gasteiger partial charge in [-0.05, 0) is 55.9 Å². The zero-order valence-corrected chi connectivity index (χ0v) is 19.0. The number of benzene rings is 2. The van der Waals surface area contributed by atoms with Crippen LogP contribution in [0.15, 0.2) is 58.5 Å². The van der Waals surface area contributed by atoms with E-state index in [-0.39, 0.29) is 11.7 Å². The molecule has 1 aliphatic heterocycles. The normalized spacial score (nSPS) is 23.2. The lowest BCUT2D eigenvalue weighted by atomic mass is 9.83. The predicted octanol–water partition coefficient (Wildman–Crippen LogP) is 6.47. The quantitative estimate of drug-likeness (QED) is 0.568. The van der Waals surface area contributed by atoms with Crippen LogP contribution in [0.25, 0.3) is 0 Å². The smallest absolute Gasteiger partial charge is 0.234 e. The summed E-state index contributed by atoms with van der Waals surface area (Å²) in [4.78, 5) is 22.5. The molecule has 1 heterocycles. The van der Waals surface area contributed by atoms with Crippen LogP contribution in [0, 0.1) is 5.92 Å². The summed E-state index contributed by atoms with van der Waals surface area (Å²) < 4.78 is 0. The highest BCUT2D eigenvalue weighted by atomic mass is 35.5. The maximum Gasteiger partial charge on any atom is 0.234 e. The first-order chi connectivity index (χ1) is 14.4. The number of nitrogens with one attached hydrogen (secondary N) is 1. The molecule has 2 aromatic rings. The lowest BCUT2D eigenvalue weighted by Gasteiger charge is -2.30. The number of amides is 1. The van der Waals surface area contributed by atoms with Crippen LogP contribution in [0.5, 0.6) is 0 Å². The van der Waals surface area contributed by atoms with Gasteiger partial charge in [0.05, 0.1) is 21.5 Å². The van der Waals surface area contributed by atoms with Gasteiger partial charge >= 0.3 is 0 Å². The molecule has 0 bridgehead atoms. The van der Waals surface area contributed by atoms with Crippen LogP contribution >= 0.6 is 35.0 Å². The number of aliphatic imine (C=N–C) groups is 2. The molecule has 30 heavy (non-hydrogen) atoms. The first kappa shape index (κ1) is 21.4. The lowest BCUT2D eigenvalue weighted by molar-refractivity contribution is -0.113. The number of rotatable bonds is 4. The minimum atomic E-state index is -0.411. The molecule has 7 heteroatoms. The van der Waals surface area contributed by atoms with E-state index < -0.39 is 5.66 Å². The van der Waals surface area contributed by atoms with E-state index in [2.05, 4.69) is 12.2 Å². The van der Waals surface area contributed by atoms with Crippen molar-refractivity contribution in [2.24, 2.45) is 15.9 Å². The van der Waals surface area contributed by atoms with Crippen molar-refractivity contribution in [1.82, 2.24) is 0 Å². The fraction of sp³-hybridized carbons (Fsp3) is 0.348. The molecule has 1 spiro atoms. The number of carbonyl (C=O) groups is 1. The highest BCUT2D eigenvalue weighted by Gasteiger charge is 2.39. The number of thioether (sulfide) groups is 1. The molecular weight excluding hydrogens is 437 g/mol. The van der Waals surface area contributed by atoms with Crippen molar-refractivity contribution < 1.29 is 4.79 Å². The molecular formula is C23H23Cl2N3OS. The van der Waals surface area contributed by atoms with Crippen molar-refractivity contribution in [1.29, 1.82) is 0 Å². The van der Waals surface area contributed by atoms with Gasteiger partial charge in [-0.15, -0.1) is 0 Å². The second-order valence-electron chi connectivity index (χ2n) is 7.87. The second-order valence-corrected chi connectivity index (χ2v) is 9.65. The molecule has 0 radical (unpaired) electrons. The Bertz CT molecular complexity index is 999. The average Bonchev–Trinajstić information content (AvgIpc) is 3.10. The summed E-state index contributed by atoms with van der Waals surface area (Å²) in [5.41, 5.74) is 2.06. The number of anilines is 1. The Morgan fingerprint density at radius 1 is 1.10 bits per heavy atom. The van der Waals surface area contributed by atoms with Crippen LogP contribution in [0.2, 0.25) is 10.0 Å². The van der Waals surface area contributed by atoms with Gasteiger partial charge < -0.3 is 5.32 Å². The van der Waals surface area contributed by atoms with Gasteiger partial charge in [-0.3, -0.25) is 9.79 Å². The zero-order chi connectivity index (χ0) is 21.1. The topological polar surface area (TPSA) is 53.8 Å². The molecule has 1 N–H and O–H groups in total. The Balaban J connectivity index is 1.54. The maximum atomic E-state index is 12.5. The summed E-state index contributed by atoms with van der Waals surface area (Å²) in [5.74, 6) is 0.893. The van der Waals surface area contributed by atoms with E-state index in [1.165, 1.54) is 11.8 Å². The van der Waals surface area contributed by atoms with Crippen LogP contribution in [0.4, 0.5) is 5.69 Å². The molecule has 1 saturated carbocycles. The Morgan fingerprint density at radius 2 is 1.83 bits per heavy atom. The van der Waals surface area contributed by atoms with Crippen molar-refractivity contribution >= 4 is 57.3 Å². The second kappa shape index (κ2) is 9.13. The first-order valence-corrected chi connectivity index (χ1v) is 11.8. The van der Waals surface area contributed by atoms with Gasteiger partial charge in [0.1, 0.15) is 5.04 Å². The van der Waals surface area contributed by atoms with Gasteiger partial charge in [0.25, 0.3) is 0 Å². The van der Waals surface area contributed by atoms with Crippen LogP contribution in [0.3, 0.4) is 0 Å². The fourth-order valence-corrected chi connectivity index (χ4v) is 4.93. The Hall–Kier alpha value is -1.82. The molecule has 1 fully saturated rings. The summed E-state index contributed by atoms with van der Waals surface area (Å²) >= 11 is 13.8. The van der Waals surface area contributed by atoms with E-state index in [4.69, 9.17) is 33.2 Å². The van der Waals surface area contributed by atoms with E-state index in [9.17, 15) is 4.79 Å². The molecule has 1 amide bonds. The summed E-state index contributed by atoms with van der Waals surface area (Å²) in [7, 11) is 0. The van der Waals surface area contributed by atoms with E-state index in [1.54, 1.807) is 6.07 Å². The van der Waals surface area contributed by atoms with Crippen molar-refractivity contribution in [3.05, 3.63) is 64.1 Å². The Labute approximate surface area is 191 Å². The minimum Gasteiger partial charge on any atom is -0.325 e. The highest BCUT2D eigenvalue weighted by molar-refractivity contribution is 8.16. The van der Waals surface area contributed by atoms with Crippen LogP contribution in [-0.2, 0) is 4.79 Å². The molecule has 4 nitrogen and oxygen atoms in total. The largest absolute Gasteiger partial charge is 0.325 e. The standard InChI is InChI=1S/C23H23Cl2N3OS/c1-15-9-11-23(12-10-15)27-21(16-7-8-18(24)19(25)13-16)22(28-23)30-14-20(29)26-17-5-3-2-4-6-17/h2-8,13,15H,9-12,14H2,1H3,(H,26,29). The van der Waals surface area contributed by atoms with Crippen LogP contribution in [-0.4, -0.2) is 28.1 Å². The Kier molecular flexibility index (Phi) is 6.51. The summed E-state index contributed by atoms with van der Waals surface area (Å²) in [6, 6.07) is 15.0. The number of hydrogen-bond donors (Lipinski definition) is 1. The van der Waals surface area contributed by atoms with Crippen LogP contribution in [0.1, 0.15) is 38.2 Å². The predicted molar refractivity (Wildman–Crippen MR) is 128 cm³/mol. The van der Waals surface area contributed by atoms with Gasteiger partial charge in [-0.2, -0.15) is 0 Å².